The van der Waals surface area contributed by atoms with Gasteiger partial charge < -0.3 is 14.8 Å². The van der Waals surface area contributed by atoms with E-state index in [9.17, 15) is 10.0 Å². The van der Waals surface area contributed by atoms with Gasteiger partial charge in [0.1, 0.15) is 0 Å². The Morgan fingerprint density at radius 3 is 2.61 bits per heavy atom. The Labute approximate surface area is 156 Å². The first-order valence-corrected chi connectivity index (χ1v) is 16.4. The van der Waals surface area contributed by atoms with Gasteiger partial charge in [0, 0.05) is 37.3 Å². The number of carbonyl (C=O) groups excluding carboxylic acids is 1. The molecule has 4 aliphatic heterocycles. The van der Waals surface area contributed by atoms with E-state index in [1.165, 1.54) is 12.8 Å². The van der Waals surface area contributed by atoms with E-state index in [2.05, 4.69) is 4.90 Å². The van der Waals surface area contributed by atoms with E-state index in [0.29, 0.717) is 29.8 Å². The molecule has 4 rings (SSSR count). The average molecular weight is 568 g/mol. The summed E-state index contributed by atoms with van der Waals surface area (Å²) in [6.07, 6.45) is 7.52. The van der Waals surface area contributed by atoms with Crippen molar-refractivity contribution in [2.45, 2.75) is 57.0 Å². The summed E-state index contributed by atoms with van der Waals surface area (Å²) in [7, 11) is 14.9. The first kappa shape index (κ1) is 18.8. The van der Waals surface area contributed by atoms with Crippen LogP contribution in [0.5, 0.6) is 0 Å². The van der Waals surface area contributed by atoms with Crippen LogP contribution in [0.15, 0.2) is 0 Å². The van der Waals surface area contributed by atoms with Gasteiger partial charge in [-0.15, -0.1) is 0 Å². The number of hydrogen-bond acceptors (Lipinski definition) is 2. The van der Waals surface area contributed by atoms with E-state index < -0.39 is 15.2 Å². The molecule has 4 saturated heterocycles. The van der Waals surface area contributed by atoms with Crippen LogP contribution in [0.3, 0.4) is 0 Å². The Hall–Kier alpha value is 1.00. The summed E-state index contributed by atoms with van der Waals surface area (Å²) in [5, 5.41) is 13.1. The van der Waals surface area contributed by atoms with Crippen LogP contribution >= 0.6 is 27.6 Å². The van der Waals surface area contributed by atoms with Crippen molar-refractivity contribution >= 4 is 33.5 Å². The molecule has 0 N–H and O–H groups in total. The summed E-state index contributed by atoms with van der Waals surface area (Å²) < 4.78 is 0.0772. The van der Waals surface area contributed by atoms with E-state index in [4.69, 9.17) is 27.6 Å². The molecule has 4 aliphatic rings. The van der Waals surface area contributed by atoms with Crippen LogP contribution in [0.25, 0.3) is 0 Å². The van der Waals surface area contributed by atoms with Gasteiger partial charge in [-0.25, -0.2) is 0 Å². The van der Waals surface area contributed by atoms with E-state index in [0.717, 1.165) is 51.7 Å². The number of nitrogens with zero attached hydrogens (tertiary/aromatic N) is 2. The van der Waals surface area contributed by atoms with Crippen molar-refractivity contribution in [3.8, 4) is 0 Å². The fraction of sp³-hybridized carbons (Fsp3) is 0.933. The van der Waals surface area contributed by atoms with E-state index in [1.807, 2.05) is 0 Å². The molecule has 4 nitrogen and oxygen atoms in total. The first-order valence-electron chi connectivity index (χ1n) is 8.39. The van der Waals surface area contributed by atoms with Crippen LogP contribution in [0.2, 0.25) is 0 Å². The van der Waals surface area contributed by atoms with Crippen molar-refractivity contribution in [3.05, 3.63) is 5.21 Å². The number of halogens is 3. The van der Waals surface area contributed by atoms with E-state index >= 15 is 0 Å². The Kier molecular flexibility index (Phi) is 6.30. The maximum atomic E-state index is 13.1. The second-order valence-corrected chi connectivity index (χ2v) is 16.7. The van der Waals surface area contributed by atoms with Crippen LogP contribution in [0.4, 0.5) is 0 Å². The molecule has 2 bridgehead atoms. The molecule has 4 heterocycles. The Bertz CT molecular complexity index is 454. The molecule has 8 heteroatoms. The standard InChI is InChI=1S/C15H24N2O2.Au.3ClH/c18-15-6-3-4-13-12-8-11(9-16(13)15)14-5-1-2-7-17(14,19)10-12;;;;/h11-14H,1-10H2;;3*1H/q;+3;;;/p-3/t11?,12?,13-,14?,17?;;;;/m1..../s1. The molecule has 0 radical (unpaired) electrons. The van der Waals surface area contributed by atoms with Gasteiger partial charge >= 0.3 is 42.8 Å². The fourth-order valence-electron chi connectivity index (χ4n) is 5.40. The van der Waals surface area contributed by atoms with Gasteiger partial charge in [0.15, 0.2) is 0 Å². The van der Waals surface area contributed by atoms with Crippen molar-refractivity contribution < 1.29 is 24.6 Å². The molecular weight excluding hydrogens is 544 g/mol. The van der Waals surface area contributed by atoms with E-state index in [1.54, 1.807) is 0 Å². The van der Waals surface area contributed by atoms with Crippen molar-refractivity contribution in [2.75, 3.05) is 19.6 Å². The molecule has 0 aromatic carbocycles. The molecule has 138 valence electrons. The summed E-state index contributed by atoms with van der Waals surface area (Å²) in [6.45, 7) is 2.50. The Balaban J connectivity index is 0.000000354. The third-order valence-corrected chi connectivity index (χ3v) is 6.17. The Morgan fingerprint density at radius 2 is 1.87 bits per heavy atom. The second-order valence-electron chi connectivity index (χ2n) is 7.31. The van der Waals surface area contributed by atoms with Gasteiger partial charge in [-0.05, 0) is 32.1 Å². The van der Waals surface area contributed by atoms with Crippen LogP contribution in [-0.4, -0.2) is 47.2 Å². The average Bonchev–Trinajstić information content (AvgIpc) is 2.47. The summed E-state index contributed by atoms with van der Waals surface area (Å²) in [6, 6.07) is 0.685. The molecule has 4 fully saturated rings. The van der Waals surface area contributed by atoms with Gasteiger partial charge in [-0.3, -0.25) is 4.79 Å². The molecular formula is C15H24AuCl3N2O2. The predicted molar refractivity (Wildman–Crippen MR) is 89.5 cm³/mol. The normalized spacial score (nSPS) is 42.9. The fourth-order valence-corrected chi connectivity index (χ4v) is 5.40. The molecule has 0 aromatic heterocycles. The van der Waals surface area contributed by atoms with Gasteiger partial charge in [0.25, 0.3) is 0 Å². The number of fused-ring (bicyclic) bond motifs is 6. The number of piperidine rings is 4. The zero-order valence-electron chi connectivity index (χ0n) is 13.0. The number of hydroxylamine groups is 3. The van der Waals surface area contributed by atoms with Crippen molar-refractivity contribution in [1.82, 2.24) is 4.90 Å². The van der Waals surface area contributed by atoms with Crippen LogP contribution < -0.4 is 0 Å². The van der Waals surface area contributed by atoms with Gasteiger partial charge in [0.05, 0.1) is 19.1 Å². The number of amides is 1. The predicted octanol–water partition coefficient (Wildman–Crippen LogP) is 3.95. The maximum absolute atomic E-state index is 13.1. The molecule has 5 atom stereocenters. The summed E-state index contributed by atoms with van der Waals surface area (Å²) in [4.78, 5) is 14.3. The number of hydrogen-bond donors (Lipinski definition) is 0. The third-order valence-electron chi connectivity index (χ3n) is 6.17. The molecule has 23 heavy (non-hydrogen) atoms. The number of carbonyl (C=O) groups is 1. The van der Waals surface area contributed by atoms with E-state index in [-0.39, 0.29) is 4.65 Å². The summed E-state index contributed by atoms with van der Waals surface area (Å²) in [5.74, 6) is 1.32. The zero-order chi connectivity index (χ0) is 16.6. The van der Waals surface area contributed by atoms with Crippen molar-refractivity contribution in [1.29, 1.82) is 0 Å². The monoisotopic (exact) mass is 566 g/mol. The molecule has 0 saturated carbocycles. The molecule has 0 aliphatic carbocycles. The second kappa shape index (κ2) is 7.71. The number of quaternary nitrogens is 1. The van der Waals surface area contributed by atoms with Crippen molar-refractivity contribution in [3.63, 3.8) is 0 Å². The molecule has 0 spiro atoms. The topological polar surface area (TPSA) is 43.4 Å². The Morgan fingerprint density at radius 1 is 1.13 bits per heavy atom. The quantitative estimate of drug-likeness (QED) is 0.253. The SMILES string of the molecule is O=C1CCC[C@@H]2C3CC(CN12)C1CCCC[N+]1([O-])C3.[Cl][Au]([Cl])[Cl]. The van der Waals surface area contributed by atoms with Crippen LogP contribution in [0, 0.1) is 17.0 Å². The first-order chi connectivity index (χ1) is 10.9. The van der Waals surface area contributed by atoms with Crippen LogP contribution in [-0.2, 0) is 20.0 Å². The van der Waals surface area contributed by atoms with Gasteiger partial charge in [0.2, 0.25) is 5.91 Å². The minimum absolute atomic E-state index is 0.0772. The minimum atomic E-state index is -1.79. The molecule has 4 unspecified atom stereocenters. The summed E-state index contributed by atoms with van der Waals surface area (Å²) >= 11 is -1.79. The third kappa shape index (κ3) is 4.06. The molecule has 1 amide bonds. The summed E-state index contributed by atoms with van der Waals surface area (Å²) in [5.41, 5.74) is 0. The number of rotatable bonds is 0. The molecule has 0 aromatic rings. The zero-order valence-corrected chi connectivity index (χ0v) is 17.5. The van der Waals surface area contributed by atoms with Gasteiger partial charge in [-0.2, -0.15) is 0 Å². The van der Waals surface area contributed by atoms with Gasteiger partial charge in [-0.1, -0.05) is 0 Å². The van der Waals surface area contributed by atoms with Crippen LogP contribution in [0.1, 0.15) is 44.9 Å². The van der Waals surface area contributed by atoms with Crippen molar-refractivity contribution in [2.24, 2.45) is 11.8 Å².